The predicted molar refractivity (Wildman–Crippen MR) is 79.6 cm³/mol. The molecule has 1 aliphatic rings. The first-order valence-electron chi connectivity index (χ1n) is 6.86. The van der Waals surface area contributed by atoms with Gasteiger partial charge in [-0.3, -0.25) is 9.69 Å². The lowest BCUT2D eigenvalue weighted by Gasteiger charge is -2.39. The van der Waals surface area contributed by atoms with Gasteiger partial charge in [0.2, 0.25) is 5.91 Å². The first kappa shape index (κ1) is 14.5. The third-order valence-electron chi connectivity index (χ3n) is 3.74. The van der Waals surface area contributed by atoms with Crippen LogP contribution in [0.3, 0.4) is 0 Å². The van der Waals surface area contributed by atoms with Crippen molar-refractivity contribution in [1.82, 2.24) is 15.5 Å². The van der Waals surface area contributed by atoms with Gasteiger partial charge < -0.3 is 10.6 Å². The predicted octanol–water partition coefficient (Wildman–Crippen LogP) is 1.09. The molecule has 1 fully saturated rings. The van der Waals surface area contributed by atoms with Crippen LogP contribution >= 0.6 is 11.3 Å². The van der Waals surface area contributed by atoms with Crippen LogP contribution in [0.1, 0.15) is 19.4 Å². The van der Waals surface area contributed by atoms with Crippen molar-refractivity contribution in [2.24, 2.45) is 0 Å². The molecule has 2 heterocycles. The van der Waals surface area contributed by atoms with Crippen molar-refractivity contribution < 1.29 is 4.79 Å². The molecule has 1 amide bonds. The Balaban J connectivity index is 1.80. The highest BCUT2D eigenvalue weighted by Gasteiger charge is 2.34. The summed E-state index contributed by atoms with van der Waals surface area (Å²) >= 11 is 1.70. The van der Waals surface area contributed by atoms with Crippen LogP contribution in [0.5, 0.6) is 0 Å². The molecule has 0 radical (unpaired) electrons. The second kappa shape index (κ2) is 6.50. The molecule has 1 aliphatic heterocycles. The SMILES string of the molecule is CC(C)(C(=O)NCCc1ccsc1)N1CCNCC1. The average molecular weight is 281 g/mol. The van der Waals surface area contributed by atoms with Gasteiger partial charge in [-0.15, -0.1) is 0 Å². The molecule has 0 aliphatic carbocycles. The highest BCUT2D eigenvalue weighted by molar-refractivity contribution is 7.07. The van der Waals surface area contributed by atoms with Crippen LogP contribution in [0, 0.1) is 0 Å². The van der Waals surface area contributed by atoms with Gasteiger partial charge in [0.25, 0.3) is 0 Å². The molecule has 0 saturated carbocycles. The van der Waals surface area contributed by atoms with E-state index in [0.29, 0.717) is 6.54 Å². The molecule has 0 spiro atoms. The van der Waals surface area contributed by atoms with Crippen LogP contribution in [-0.2, 0) is 11.2 Å². The van der Waals surface area contributed by atoms with Crippen LogP contribution in [0.15, 0.2) is 16.8 Å². The molecule has 2 rings (SSSR count). The van der Waals surface area contributed by atoms with Crippen LogP contribution in [0.2, 0.25) is 0 Å². The van der Waals surface area contributed by atoms with E-state index in [2.05, 4.69) is 32.4 Å². The van der Waals surface area contributed by atoms with Gasteiger partial charge in [-0.2, -0.15) is 11.3 Å². The quantitative estimate of drug-likeness (QED) is 0.849. The maximum absolute atomic E-state index is 12.3. The van der Waals surface area contributed by atoms with Gasteiger partial charge in [-0.25, -0.2) is 0 Å². The number of hydrogen-bond donors (Lipinski definition) is 2. The Morgan fingerprint density at radius 2 is 2.21 bits per heavy atom. The molecule has 1 aromatic heterocycles. The molecule has 0 aromatic carbocycles. The van der Waals surface area contributed by atoms with Crippen molar-refractivity contribution in [2.75, 3.05) is 32.7 Å². The molecule has 0 atom stereocenters. The number of rotatable bonds is 5. The minimum atomic E-state index is -0.420. The summed E-state index contributed by atoms with van der Waals surface area (Å²) in [5.41, 5.74) is 0.877. The summed E-state index contributed by atoms with van der Waals surface area (Å²) < 4.78 is 0. The number of hydrogen-bond acceptors (Lipinski definition) is 4. The normalized spacial score (nSPS) is 17.4. The minimum absolute atomic E-state index is 0.129. The molecule has 1 saturated heterocycles. The van der Waals surface area contributed by atoms with E-state index < -0.39 is 5.54 Å². The molecular weight excluding hydrogens is 258 g/mol. The summed E-state index contributed by atoms with van der Waals surface area (Å²) in [7, 11) is 0. The number of thiophene rings is 1. The molecule has 1 aromatic rings. The van der Waals surface area contributed by atoms with Gasteiger partial charge in [0.15, 0.2) is 0 Å². The Morgan fingerprint density at radius 3 is 2.84 bits per heavy atom. The zero-order chi connectivity index (χ0) is 13.7. The minimum Gasteiger partial charge on any atom is -0.354 e. The van der Waals surface area contributed by atoms with Gasteiger partial charge in [0, 0.05) is 32.7 Å². The summed E-state index contributed by atoms with van der Waals surface area (Å²) in [6.45, 7) is 8.54. The third-order valence-corrected chi connectivity index (χ3v) is 4.47. The first-order valence-corrected chi connectivity index (χ1v) is 7.80. The first-order chi connectivity index (χ1) is 9.10. The van der Waals surface area contributed by atoms with E-state index in [1.807, 2.05) is 13.8 Å². The van der Waals surface area contributed by atoms with Gasteiger partial charge in [0.05, 0.1) is 5.54 Å². The van der Waals surface area contributed by atoms with E-state index in [4.69, 9.17) is 0 Å². The Kier molecular flexibility index (Phi) is 4.96. The maximum atomic E-state index is 12.3. The molecule has 2 N–H and O–H groups in total. The monoisotopic (exact) mass is 281 g/mol. The Hall–Kier alpha value is -0.910. The number of nitrogens with zero attached hydrogens (tertiary/aromatic N) is 1. The highest BCUT2D eigenvalue weighted by Crippen LogP contribution is 2.15. The summed E-state index contributed by atoms with van der Waals surface area (Å²) in [4.78, 5) is 14.6. The van der Waals surface area contributed by atoms with E-state index in [9.17, 15) is 4.79 Å². The smallest absolute Gasteiger partial charge is 0.239 e. The fraction of sp³-hybridized carbons (Fsp3) is 0.643. The fourth-order valence-corrected chi connectivity index (χ4v) is 3.04. The van der Waals surface area contributed by atoms with E-state index in [1.54, 1.807) is 11.3 Å². The summed E-state index contributed by atoms with van der Waals surface area (Å²) in [5, 5.41) is 10.6. The van der Waals surface area contributed by atoms with Crippen molar-refractivity contribution in [3.05, 3.63) is 22.4 Å². The largest absolute Gasteiger partial charge is 0.354 e. The van der Waals surface area contributed by atoms with Crippen LogP contribution in [0.25, 0.3) is 0 Å². The van der Waals surface area contributed by atoms with Crippen molar-refractivity contribution in [2.45, 2.75) is 25.8 Å². The van der Waals surface area contributed by atoms with Gasteiger partial charge in [0.1, 0.15) is 0 Å². The zero-order valence-electron chi connectivity index (χ0n) is 11.7. The average Bonchev–Trinajstić information content (AvgIpc) is 2.93. The maximum Gasteiger partial charge on any atom is 0.239 e. The highest BCUT2D eigenvalue weighted by atomic mass is 32.1. The number of piperazine rings is 1. The second-order valence-corrected chi connectivity index (χ2v) is 6.21. The lowest BCUT2D eigenvalue weighted by molar-refractivity contribution is -0.132. The third kappa shape index (κ3) is 3.78. The van der Waals surface area contributed by atoms with Gasteiger partial charge >= 0.3 is 0 Å². The Bertz CT molecular complexity index is 397. The van der Waals surface area contributed by atoms with Gasteiger partial charge in [-0.05, 0) is 42.7 Å². The molecule has 106 valence electrons. The molecule has 0 unspecified atom stereocenters. The fourth-order valence-electron chi connectivity index (χ4n) is 2.34. The summed E-state index contributed by atoms with van der Waals surface area (Å²) in [6.07, 6.45) is 0.910. The standard InChI is InChI=1S/C14H23N3OS/c1-14(2,17-8-6-15-7-9-17)13(18)16-5-3-12-4-10-19-11-12/h4,10-11,15H,3,5-9H2,1-2H3,(H,16,18). The van der Waals surface area contributed by atoms with E-state index in [1.165, 1.54) is 5.56 Å². The molecular formula is C14H23N3OS. The zero-order valence-corrected chi connectivity index (χ0v) is 12.6. The summed E-state index contributed by atoms with van der Waals surface area (Å²) in [6, 6.07) is 2.11. The van der Waals surface area contributed by atoms with E-state index in [0.717, 1.165) is 32.6 Å². The second-order valence-electron chi connectivity index (χ2n) is 5.43. The van der Waals surface area contributed by atoms with Crippen molar-refractivity contribution in [3.8, 4) is 0 Å². The number of carbonyl (C=O) groups is 1. The summed E-state index contributed by atoms with van der Waals surface area (Å²) in [5.74, 6) is 0.129. The Labute approximate surface area is 119 Å². The number of carbonyl (C=O) groups excluding carboxylic acids is 1. The lowest BCUT2D eigenvalue weighted by atomic mass is 10.0. The van der Waals surface area contributed by atoms with Crippen molar-refractivity contribution in [1.29, 1.82) is 0 Å². The number of nitrogens with one attached hydrogen (secondary N) is 2. The van der Waals surface area contributed by atoms with Crippen LogP contribution < -0.4 is 10.6 Å². The Morgan fingerprint density at radius 1 is 1.47 bits per heavy atom. The van der Waals surface area contributed by atoms with Gasteiger partial charge in [-0.1, -0.05) is 0 Å². The topological polar surface area (TPSA) is 44.4 Å². The van der Waals surface area contributed by atoms with Crippen LogP contribution in [-0.4, -0.2) is 49.1 Å². The van der Waals surface area contributed by atoms with E-state index >= 15 is 0 Å². The number of amides is 1. The van der Waals surface area contributed by atoms with Crippen molar-refractivity contribution in [3.63, 3.8) is 0 Å². The van der Waals surface area contributed by atoms with Crippen molar-refractivity contribution >= 4 is 17.2 Å². The molecule has 19 heavy (non-hydrogen) atoms. The molecule has 5 heteroatoms. The molecule has 4 nitrogen and oxygen atoms in total. The van der Waals surface area contributed by atoms with Crippen LogP contribution in [0.4, 0.5) is 0 Å². The lowest BCUT2D eigenvalue weighted by Crippen LogP contribution is -2.60. The van der Waals surface area contributed by atoms with E-state index in [-0.39, 0.29) is 5.91 Å². The molecule has 0 bridgehead atoms.